The van der Waals surface area contributed by atoms with Crippen LogP contribution in [-0.4, -0.2) is 23.0 Å². The Morgan fingerprint density at radius 2 is 1.71 bits per heavy atom. The van der Waals surface area contributed by atoms with E-state index in [4.69, 9.17) is 0 Å². The zero-order chi connectivity index (χ0) is 15.8. The SMILES string of the molecule is CC(C)CC[C@H](C(=O)O)[C@@H](C)CC(=O)NC1CCCCC1. The summed E-state index contributed by atoms with van der Waals surface area (Å²) in [5.41, 5.74) is 0. The van der Waals surface area contributed by atoms with E-state index < -0.39 is 11.9 Å². The molecule has 1 fully saturated rings. The molecule has 0 spiro atoms. The molecule has 1 rings (SSSR count). The Labute approximate surface area is 128 Å². The van der Waals surface area contributed by atoms with E-state index >= 15 is 0 Å². The third-order valence-corrected chi connectivity index (χ3v) is 4.54. The molecule has 0 saturated heterocycles. The van der Waals surface area contributed by atoms with Gasteiger partial charge in [0.1, 0.15) is 0 Å². The number of rotatable bonds is 8. The van der Waals surface area contributed by atoms with Crippen molar-refractivity contribution < 1.29 is 14.7 Å². The average molecular weight is 297 g/mol. The van der Waals surface area contributed by atoms with E-state index in [0.717, 1.165) is 19.3 Å². The van der Waals surface area contributed by atoms with Gasteiger partial charge in [0.05, 0.1) is 5.92 Å². The van der Waals surface area contributed by atoms with E-state index in [9.17, 15) is 14.7 Å². The van der Waals surface area contributed by atoms with Crippen LogP contribution in [-0.2, 0) is 9.59 Å². The molecule has 4 nitrogen and oxygen atoms in total. The standard InChI is InChI=1S/C17H31NO3/c1-12(2)9-10-15(17(20)21)13(3)11-16(19)18-14-7-5-4-6-8-14/h12-15H,4-11H2,1-3H3,(H,18,19)(H,20,21)/t13-,15-/m0/s1. The van der Waals surface area contributed by atoms with Crippen LogP contribution in [0, 0.1) is 17.8 Å². The number of carbonyl (C=O) groups is 2. The number of carboxylic acid groups (broad SMARTS) is 1. The molecule has 1 aliphatic rings. The molecule has 0 heterocycles. The summed E-state index contributed by atoms with van der Waals surface area (Å²) in [6.45, 7) is 6.08. The minimum atomic E-state index is -0.770. The molecule has 0 aromatic rings. The maximum Gasteiger partial charge on any atom is 0.306 e. The highest BCUT2D eigenvalue weighted by atomic mass is 16.4. The molecular weight excluding hydrogens is 266 g/mol. The fraction of sp³-hybridized carbons (Fsp3) is 0.882. The summed E-state index contributed by atoms with van der Waals surface area (Å²) in [7, 11) is 0. The molecule has 4 heteroatoms. The van der Waals surface area contributed by atoms with Crippen LogP contribution in [0.4, 0.5) is 0 Å². The van der Waals surface area contributed by atoms with Crippen molar-refractivity contribution in [3.05, 3.63) is 0 Å². The Kier molecular flexibility index (Phi) is 7.76. The molecule has 0 aromatic heterocycles. The van der Waals surface area contributed by atoms with E-state index in [1.807, 2.05) is 6.92 Å². The third-order valence-electron chi connectivity index (χ3n) is 4.54. The maximum absolute atomic E-state index is 12.1. The lowest BCUT2D eigenvalue weighted by Crippen LogP contribution is -2.38. The van der Waals surface area contributed by atoms with E-state index in [0.29, 0.717) is 24.8 Å². The zero-order valence-corrected chi connectivity index (χ0v) is 13.7. The molecule has 122 valence electrons. The van der Waals surface area contributed by atoms with Gasteiger partial charge in [-0.1, -0.05) is 46.5 Å². The summed E-state index contributed by atoms with van der Waals surface area (Å²) in [6, 6.07) is 0.303. The number of aliphatic carboxylic acids is 1. The van der Waals surface area contributed by atoms with Crippen molar-refractivity contribution in [3.63, 3.8) is 0 Å². The smallest absolute Gasteiger partial charge is 0.306 e. The first-order valence-corrected chi connectivity index (χ1v) is 8.42. The Balaban J connectivity index is 2.41. The Morgan fingerprint density at radius 1 is 1.10 bits per heavy atom. The maximum atomic E-state index is 12.1. The number of hydrogen-bond acceptors (Lipinski definition) is 2. The summed E-state index contributed by atoms with van der Waals surface area (Å²) < 4.78 is 0. The molecule has 0 radical (unpaired) electrons. The van der Waals surface area contributed by atoms with Crippen LogP contribution in [0.15, 0.2) is 0 Å². The van der Waals surface area contributed by atoms with Gasteiger partial charge < -0.3 is 10.4 Å². The minimum absolute atomic E-state index is 0.0187. The molecule has 21 heavy (non-hydrogen) atoms. The monoisotopic (exact) mass is 297 g/mol. The van der Waals surface area contributed by atoms with Gasteiger partial charge in [-0.05, 0) is 31.1 Å². The predicted octanol–water partition coefficient (Wildman–Crippen LogP) is 3.60. The van der Waals surface area contributed by atoms with Gasteiger partial charge in [-0.25, -0.2) is 0 Å². The topological polar surface area (TPSA) is 66.4 Å². The fourth-order valence-electron chi connectivity index (χ4n) is 3.13. The van der Waals surface area contributed by atoms with Crippen molar-refractivity contribution in [1.82, 2.24) is 5.32 Å². The van der Waals surface area contributed by atoms with Gasteiger partial charge in [0.15, 0.2) is 0 Å². The lowest BCUT2D eigenvalue weighted by molar-refractivity contribution is -0.144. The lowest BCUT2D eigenvalue weighted by Gasteiger charge is -2.25. The van der Waals surface area contributed by atoms with E-state index in [-0.39, 0.29) is 11.8 Å². The van der Waals surface area contributed by atoms with Crippen LogP contribution >= 0.6 is 0 Å². The first-order chi connectivity index (χ1) is 9.90. The second-order valence-corrected chi connectivity index (χ2v) is 7.00. The van der Waals surface area contributed by atoms with Gasteiger partial charge in [-0.3, -0.25) is 9.59 Å². The van der Waals surface area contributed by atoms with Gasteiger partial charge in [0.2, 0.25) is 5.91 Å². The van der Waals surface area contributed by atoms with Gasteiger partial charge >= 0.3 is 5.97 Å². The predicted molar refractivity (Wildman–Crippen MR) is 84.0 cm³/mol. The van der Waals surface area contributed by atoms with Crippen molar-refractivity contribution in [2.45, 2.75) is 78.2 Å². The van der Waals surface area contributed by atoms with Crippen molar-refractivity contribution in [2.24, 2.45) is 17.8 Å². The summed E-state index contributed by atoms with van der Waals surface area (Å²) in [4.78, 5) is 23.5. The Hall–Kier alpha value is -1.06. The summed E-state index contributed by atoms with van der Waals surface area (Å²) in [5.74, 6) is -0.775. The molecule has 1 amide bonds. The molecule has 0 aromatic carbocycles. The normalized spacial score (nSPS) is 19.2. The van der Waals surface area contributed by atoms with Crippen molar-refractivity contribution in [3.8, 4) is 0 Å². The number of carboxylic acids is 1. The van der Waals surface area contributed by atoms with E-state index in [1.165, 1.54) is 19.3 Å². The third kappa shape index (κ3) is 6.96. The summed E-state index contributed by atoms with van der Waals surface area (Å²) >= 11 is 0. The molecular formula is C17H31NO3. The van der Waals surface area contributed by atoms with Crippen LogP contribution in [0.25, 0.3) is 0 Å². The number of amides is 1. The highest BCUT2D eigenvalue weighted by Gasteiger charge is 2.27. The summed E-state index contributed by atoms with van der Waals surface area (Å²) in [5, 5.41) is 12.4. The number of carbonyl (C=O) groups excluding carboxylic acids is 1. The number of hydrogen-bond donors (Lipinski definition) is 2. The van der Waals surface area contributed by atoms with Gasteiger partial charge in [0, 0.05) is 12.5 Å². The van der Waals surface area contributed by atoms with Gasteiger partial charge in [0.25, 0.3) is 0 Å². The Morgan fingerprint density at radius 3 is 2.24 bits per heavy atom. The first-order valence-electron chi connectivity index (χ1n) is 8.42. The average Bonchev–Trinajstić information content (AvgIpc) is 2.38. The van der Waals surface area contributed by atoms with Crippen LogP contribution in [0.2, 0.25) is 0 Å². The van der Waals surface area contributed by atoms with Crippen LogP contribution in [0.1, 0.15) is 72.1 Å². The van der Waals surface area contributed by atoms with E-state index in [2.05, 4.69) is 19.2 Å². The zero-order valence-electron chi connectivity index (χ0n) is 13.7. The number of nitrogens with one attached hydrogen (secondary N) is 1. The molecule has 0 aliphatic heterocycles. The highest BCUT2D eigenvalue weighted by Crippen LogP contribution is 2.24. The van der Waals surface area contributed by atoms with Crippen LogP contribution < -0.4 is 5.32 Å². The van der Waals surface area contributed by atoms with Crippen molar-refractivity contribution in [2.75, 3.05) is 0 Å². The summed E-state index contributed by atoms with van der Waals surface area (Å²) in [6.07, 6.45) is 7.64. The highest BCUT2D eigenvalue weighted by molar-refractivity contribution is 5.78. The molecule has 1 aliphatic carbocycles. The fourth-order valence-corrected chi connectivity index (χ4v) is 3.13. The molecule has 2 atom stereocenters. The van der Waals surface area contributed by atoms with Gasteiger partial charge in [-0.2, -0.15) is 0 Å². The first kappa shape index (κ1) is 18.0. The largest absolute Gasteiger partial charge is 0.481 e. The van der Waals surface area contributed by atoms with Crippen LogP contribution in [0.3, 0.4) is 0 Å². The van der Waals surface area contributed by atoms with Gasteiger partial charge in [-0.15, -0.1) is 0 Å². The van der Waals surface area contributed by atoms with Crippen LogP contribution in [0.5, 0.6) is 0 Å². The minimum Gasteiger partial charge on any atom is -0.481 e. The molecule has 0 bridgehead atoms. The Bertz CT molecular complexity index is 335. The second kappa shape index (κ2) is 9.06. The molecule has 2 N–H and O–H groups in total. The second-order valence-electron chi connectivity index (χ2n) is 7.00. The quantitative estimate of drug-likeness (QED) is 0.719. The molecule has 1 saturated carbocycles. The van der Waals surface area contributed by atoms with E-state index in [1.54, 1.807) is 0 Å². The molecule has 0 unspecified atom stereocenters. The van der Waals surface area contributed by atoms with Crippen molar-refractivity contribution in [1.29, 1.82) is 0 Å². The van der Waals surface area contributed by atoms with Crippen molar-refractivity contribution >= 4 is 11.9 Å². The lowest BCUT2D eigenvalue weighted by atomic mass is 9.85.